The Labute approximate surface area is 139 Å². The standard InChI is InChI=1S/C17H20N2O3S/c20-15(18-8-9-19-16(21)11-23-17(19)22)10-13-6-3-5-12-4-1-2-7-14(12)13/h1-2,4,7,13H,3,5-6,8-11H2,(H,18,20). The van der Waals surface area contributed by atoms with Crippen molar-refractivity contribution in [3.8, 4) is 0 Å². The van der Waals surface area contributed by atoms with Gasteiger partial charge in [-0.3, -0.25) is 19.3 Å². The van der Waals surface area contributed by atoms with Crippen molar-refractivity contribution in [1.29, 1.82) is 0 Å². The van der Waals surface area contributed by atoms with E-state index in [1.54, 1.807) is 0 Å². The zero-order valence-electron chi connectivity index (χ0n) is 12.9. The van der Waals surface area contributed by atoms with E-state index < -0.39 is 0 Å². The average molecular weight is 332 g/mol. The molecule has 122 valence electrons. The second kappa shape index (κ2) is 7.17. The van der Waals surface area contributed by atoms with Crippen molar-refractivity contribution in [2.24, 2.45) is 0 Å². The molecule has 2 aliphatic rings. The summed E-state index contributed by atoms with van der Waals surface area (Å²) in [5, 5.41) is 2.62. The number of nitrogens with one attached hydrogen (secondary N) is 1. The van der Waals surface area contributed by atoms with Crippen molar-refractivity contribution in [2.45, 2.75) is 31.6 Å². The zero-order valence-corrected chi connectivity index (χ0v) is 13.7. The fourth-order valence-corrected chi connectivity index (χ4v) is 4.02. The number of carbonyl (C=O) groups is 3. The number of benzene rings is 1. The SMILES string of the molecule is O=C(CC1CCCc2ccccc21)NCCN1C(=O)CSC1=O. The van der Waals surface area contributed by atoms with E-state index in [0.717, 1.165) is 31.0 Å². The number of fused-ring (bicyclic) bond motifs is 1. The Morgan fingerprint density at radius 3 is 2.91 bits per heavy atom. The number of aryl methyl sites for hydroxylation is 1. The molecule has 1 aliphatic heterocycles. The van der Waals surface area contributed by atoms with Gasteiger partial charge in [0.1, 0.15) is 0 Å². The number of rotatable bonds is 5. The lowest BCUT2D eigenvalue weighted by atomic mass is 9.81. The van der Waals surface area contributed by atoms with Gasteiger partial charge < -0.3 is 5.32 Å². The van der Waals surface area contributed by atoms with Crippen molar-refractivity contribution in [2.75, 3.05) is 18.8 Å². The molecule has 1 aromatic rings. The lowest BCUT2D eigenvalue weighted by Crippen LogP contribution is -2.37. The molecule has 0 radical (unpaired) electrons. The third-order valence-electron chi connectivity index (χ3n) is 4.42. The lowest BCUT2D eigenvalue weighted by Gasteiger charge is -2.25. The highest BCUT2D eigenvalue weighted by Gasteiger charge is 2.29. The predicted molar refractivity (Wildman–Crippen MR) is 89.3 cm³/mol. The van der Waals surface area contributed by atoms with Crippen LogP contribution in [0.15, 0.2) is 24.3 Å². The maximum Gasteiger partial charge on any atom is 0.288 e. The van der Waals surface area contributed by atoms with Gasteiger partial charge in [-0.25, -0.2) is 0 Å². The molecule has 0 aromatic heterocycles. The molecule has 1 aromatic carbocycles. The van der Waals surface area contributed by atoms with Gasteiger partial charge in [0.2, 0.25) is 11.8 Å². The summed E-state index contributed by atoms with van der Waals surface area (Å²) in [5.74, 6) is 0.297. The minimum atomic E-state index is -0.217. The van der Waals surface area contributed by atoms with Crippen LogP contribution >= 0.6 is 11.8 Å². The first kappa shape index (κ1) is 16.1. The summed E-state index contributed by atoms with van der Waals surface area (Å²) in [5.41, 5.74) is 2.64. The van der Waals surface area contributed by atoms with Gasteiger partial charge in [-0.2, -0.15) is 0 Å². The maximum absolute atomic E-state index is 12.2. The molecule has 1 N–H and O–H groups in total. The number of amides is 3. The first-order chi connectivity index (χ1) is 11.1. The minimum Gasteiger partial charge on any atom is -0.354 e. The second-order valence-corrected chi connectivity index (χ2v) is 6.87. The Morgan fingerprint density at radius 2 is 2.13 bits per heavy atom. The molecule has 1 fully saturated rings. The van der Waals surface area contributed by atoms with Gasteiger partial charge in [-0.15, -0.1) is 0 Å². The van der Waals surface area contributed by atoms with E-state index in [9.17, 15) is 14.4 Å². The first-order valence-corrected chi connectivity index (χ1v) is 8.95. The smallest absolute Gasteiger partial charge is 0.288 e. The Morgan fingerprint density at radius 1 is 1.30 bits per heavy atom. The largest absolute Gasteiger partial charge is 0.354 e. The fourth-order valence-electron chi connectivity index (χ4n) is 3.27. The molecule has 3 amide bonds. The van der Waals surface area contributed by atoms with Crippen molar-refractivity contribution in [3.63, 3.8) is 0 Å². The van der Waals surface area contributed by atoms with Crippen LogP contribution in [0.4, 0.5) is 4.79 Å². The molecule has 1 heterocycles. The monoisotopic (exact) mass is 332 g/mol. The predicted octanol–water partition coefficient (Wildman–Crippen LogP) is 2.31. The molecule has 23 heavy (non-hydrogen) atoms. The Balaban J connectivity index is 1.49. The second-order valence-electron chi connectivity index (χ2n) is 5.94. The van der Waals surface area contributed by atoms with E-state index in [2.05, 4.69) is 17.4 Å². The number of imide groups is 1. The van der Waals surface area contributed by atoms with Crippen molar-refractivity contribution < 1.29 is 14.4 Å². The third-order valence-corrected chi connectivity index (χ3v) is 5.28. The van der Waals surface area contributed by atoms with E-state index >= 15 is 0 Å². The lowest BCUT2D eigenvalue weighted by molar-refractivity contribution is -0.125. The molecule has 1 aliphatic carbocycles. The summed E-state index contributed by atoms with van der Waals surface area (Å²) >= 11 is 1.02. The van der Waals surface area contributed by atoms with Crippen LogP contribution in [-0.4, -0.2) is 40.8 Å². The summed E-state index contributed by atoms with van der Waals surface area (Å²) in [4.78, 5) is 36.3. The van der Waals surface area contributed by atoms with Crippen LogP contribution in [-0.2, 0) is 16.0 Å². The summed E-state index contributed by atoms with van der Waals surface area (Å²) in [6.07, 6.45) is 3.70. The van der Waals surface area contributed by atoms with Crippen LogP contribution in [0.5, 0.6) is 0 Å². The van der Waals surface area contributed by atoms with E-state index in [1.807, 2.05) is 12.1 Å². The average Bonchev–Trinajstić information content (AvgIpc) is 2.87. The molecule has 0 spiro atoms. The highest BCUT2D eigenvalue weighted by Crippen LogP contribution is 2.33. The van der Waals surface area contributed by atoms with Gasteiger partial charge in [0, 0.05) is 19.5 Å². The summed E-state index contributed by atoms with van der Waals surface area (Å²) in [6.45, 7) is 0.586. The molecule has 3 rings (SSSR count). The maximum atomic E-state index is 12.2. The number of nitrogens with zero attached hydrogens (tertiary/aromatic N) is 1. The number of carbonyl (C=O) groups excluding carboxylic acids is 3. The normalized spacial score (nSPS) is 20.5. The van der Waals surface area contributed by atoms with Crippen LogP contribution in [0.2, 0.25) is 0 Å². The van der Waals surface area contributed by atoms with E-state index in [4.69, 9.17) is 0 Å². The van der Waals surface area contributed by atoms with Gasteiger partial charge in [-0.05, 0) is 36.3 Å². The number of hydrogen-bond donors (Lipinski definition) is 1. The van der Waals surface area contributed by atoms with E-state index in [0.29, 0.717) is 13.0 Å². The zero-order chi connectivity index (χ0) is 16.2. The Bertz CT molecular complexity index is 616. The minimum absolute atomic E-state index is 0.0153. The van der Waals surface area contributed by atoms with Crippen molar-refractivity contribution >= 4 is 28.8 Å². The quantitative estimate of drug-likeness (QED) is 0.898. The van der Waals surface area contributed by atoms with Crippen LogP contribution in [0.3, 0.4) is 0 Å². The van der Waals surface area contributed by atoms with Gasteiger partial charge in [0.25, 0.3) is 5.24 Å². The summed E-state index contributed by atoms with van der Waals surface area (Å²) in [6, 6.07) is 8.33. The highest BCUT2D eigenvalue weighted by atomic mass is 32.2. The third kappa shape index (κ3) is 3.75. The van der Waals surface area contributed by atoms with Crippen LogP contribution in [0.1, 0.15) is 36.3 Å². The van der Waals surface area contributed by atoms with Crippen LogP contribution in [0.25, 0.3) is 0 Å². The van der Waals surface area contributed by atoms with Crippen molar-refractivity contribution in [1.82, 2.24) is 10.2 Å². The Kier molecular flexibility index (Phi) is 5.00. The summed E-state index contributed by atoms with van der Waals surface area (Å²) in [7, 11) is 0. The molecular formula is C17H20N2O3S. The molecule has 6 heteroatoms. The van der Waals surface area contributed by atoms with Gasteiger partial charge in [0.05, 0.1) is 5.75 Å². The van der Waals surface area contributed by atoms with Crippen molar-refractivity contribution in [3.05, 3.63) is 35.4 Å². The number of thioether (sulfide) groups is 1. The van der Waals surface area contributed by atoms with Gasteiger partial charge in [-0.1, -0.05) is 36.0 Å². The van der Waals surface area contributed by atoms with Gasteiger partial charge >= 0.3 is 0 Å². The topological polar surface area (TPSA) is 66.5 Å². The molecule has 1 unspecified atom stereocenters. The van der Waals surface area contributed by atoms with E-state index in [-0.39, 0.29) is 35.3 Å². The molecular weight excluding hydrogens is 312 g/mol. The molecule has 0 bridgehead atoms. The first-order valence-electron chi connectivity index (χ1n) is 7.97. The molecule has 1 saturated heterocycles. The van der Waals surface area contributed by atoms with Crippen LogP contribution in [0, 0.1) is 0 Å². The summed E-state index contributed by atoms with van der Waals surface area (Å²) < 4.78 is 0. The Hall–Kier alpha value is -1.82. The van der Waals surface area contributed by atoms with Gasteiger partial charge in [0.15, 0.2) is 0 Å². The highest BCUT2D eigenvalue weighted by molar-refractivity contribution is 8.14. The molecule has 0 saturated carbocycles. The molecule has 1 atom stereocenters. The van der Waals surface area contributed by atoms with Crippen LogP contribution < -0.4 is 5.32 Å². The number of hydrogen-bond acceptors (Lipinski definition) is 4. The fraction of sp³-hybridized carbons (Fsp3) is 0.471. The molecule has 5 nitrogen and oxygen atoms in total. The van der Waals surface area contributed by atoms with E-state index in [1.165, 1.54) is 16.0 Å².